The molecule has 138 valence electrons. The molecule has 1 aromatic rings. The SMILES string of the molecule is CCOC(=O)N1CCC(NC(=O)CCNc2ccc(F)cc2F)CC1. The van der Waals surface area contributed by atoms with Crippen LogP contribution in [0.2, 0.25) is 0 Å². The summed E-state index contributed by atoms with van der Waals surface area (Å²) in [6.07, 6.45) is 1.20. The second kappa shape index (κ2) is 9.19. The number of nitrogens with zero attached hydrogens (tertiary/aromatic N) is 1. The number of carbonyl (C=O) groups excluding carboxylic acids is 2. The van der Waals surface area contributed by atoms with Crippen LogP contribution in [0.4, 0.5) is 19.3 Å². The lowest BCUT2D eigenvalue weighted by Gasteiger charge is -2.31. The summed E-state index contributed by atoms with van der Waals surface area (Å²) in [6, 6.07) is 3.26. The molecule has 0 bridgehead atoms. The van der Waals surface area contributed by atoms with Crippen molar-refractivity contribution in [3.63, 3.8) is 0 Å². The van der Waals surface area contributed by atoms with Gasteiger partial charge in [0.1, 0.15) is 11.6 Å². The van der Waals surface area contributed by atoms with E-state index in [-0.39, 0.29) is 36.7 Å². The van der Waals surface area contributed by atoms with Gasteiger partial charge in [0.2, 0.25) is 5.91 Å². The molecule has 2 amide bonds. The van der Waals surface area contributed by atoms with Gasteiger partial charge in [0.15, 0.2) is 0 Å². The van der Waals surface area contributed by atoms with E-state index in [9.17, 15) is 18.4 Å². The first kappa shape index (κ1) is 19.0. The Labute approximate surface area is 145 Å². The van der Waals surface area contributed by atoms with Gasteiger partial charge in [-0.3, -0.25) is 4.79 Å². The van der Waals surface area contributed by atoms with E-state index in [1.165, 1.54) is 6.07 Å². The van der Waals surface area contributed by atoms with Crippen molar-refractivity contribution in [2.24, 2.45) is 0 Å². The minimum Gasteiger partial charge on any atom is -0.450 e. The number of carbonyl (C=O) groups is 2. The normalized spacial score (nSPS) is 14.9. The Kier molecular flexibility index (Phi) is 6.97. The van der Waals surface area contributed by atoms with Crippen molar-refractivity contribution in [1.82, 2.24) is 10.2 Å². The van der Waals surface area contributed by atoms with Crippen LogP contribution in [0, 0.1) is 11.6 Å². The number of rotatable bonds is 6. The molecule has 25 heavy (non-hydrogen) atoms. The summed E-state index contributed by atoms with van der Waals surface area (Å²) in [7, 11) is 0. The van der Waals surface area contributed by atoms with Gasteiger partial charge in [-0.1, -0.05) is 0 Å². The van der Waals surface area contributed by atoms with Gasteiger partial charge in [-0.05, 0) is 31.9 Å². The average Bonchev–Trinajstić information content (AvgIpc) is 2.57. The van der Waals surface area contributed by atoms with Crippen LogP contribution in [0.5, 0.6) is 0 Å². The highest BCUT2D eigenvalue weighted by Gasteiger charge is 2.24. The molecule has 0 spiro atoms. The molecule has 1 aliphatic rings. The maximum atomic E-state index is 13.5. The van der Waals surface area contributed by atoms with Crippen LogP contribution in [-0.4, -0.2) is 49.2 Å². The molecule has 0 unspecified atom stereocenters. The predicted molar refractivity (Wildman–Crippen MR) is 89.2 cm³/mol. The second-order valence-corrected chi connectivity index (χ2v) is 5.83. The number of anilines is 1. The van der Waals surface area contributed by atoms with Gasteiger partial charge >= 0.3 is 6.09 Å². The highest BCUT2D eigenvalue weighted by molar-refractivity contribution is 5.77. The van der Waals surface area contributed by atoms with Crippen LogP contribution < -0.4 is 10.6 Å². The molecule has 0 saturated carbocycles. The Balaban J connectivity index is 1.67. The van der Waals surface area contributed by atoms with Gasteiger partial charge in [-0.2, -0.15) is 0 Å². The van der Waals surface area contributed by atoms with Crippen molar-refractivity contribution < 1.29 is 23.1 Å². The van der Waals surface area contributed by atoms with Gasteiger partial charge in [0.05, 0.1) is 12.3 Å². The minimum absolute atomic E-state index is 0.0146. The summed E-state index contributed by atoms with van der Waals surface area (Å²) in [5.74, 6) is -1.48. The first-order valence-electron chi connectivity index (χ1n) is 8.39. The van der Waals surface area contributed by atoms with Crippen LogP contribution in [-0.2, 0) is 9.53 Å². The molecule has 6 nitrogen and oxygen atoms in total. The molecule has 0 radical (unpaired) electrons. The third-order valence-corrected chi connectivity index (χ3v) is 3.98. The number of amides is 2. The molecule has 0 aromatic heterocycles. The number of ether oxygens (including phenoxy) is 1. The number of nitrogens with one attached hydrogen (secondary N) is 2. The highest BCUT2D eigenvalue weighted by Crippen LogP contribution is 2.15. The van der Waals surface area contributed by atoms with Crippen LogP contribution in [0.15, 0.2) is 18.2 Å². The van der Waals surface area contributed by atoms with Crippen molar-refractivity contribution >= 4 is 17.7 Å². The number of benzene rings is 1. The molecule has 8 heteroatoms. The third kappa shape index (κ3) is 5.88. The molecule has 1 aromatic carbocycles. The minimum atomic E-state index is -0.688. The van der Waals surface area contributed by atoms with E-state index < -0.39 is 11.6 Å². The quantitative estimate of drug-likeness (QED) is 0.823. The maximum Gasteiger partial charge on any atom is 0.409 e. The predicted octanol–water partition coefficient (Wildman–Crippen LogP) is 2.50. The van der Waals surface area contributed by atoms with Crippen molar-refractivity contribution in [3.05, 3.63) is 29.8 Å². The highest BCUT2D eigenvalue weighted by atomic mass is 19.1. The number of likely N-dealkylation sites (tertiary alicyclic amines) is 1. The molecule has 0 atom stereocenters. The fraction of sp³-hybridized carbons (Fsp3) is 0.529. The van der Waals surface area contributed by atoms with Gasteiger partial charge in [-0.15, -0.1) is 0 Å². The third-order valence-electron chi connectivity index (χ3n) is 3.98. The van der Waals surface area contributed by atoms with Crippen molar-refractivity contribution in [2.75, 3.05) is 31.6 Å². The molecule has 2 N–H and O–H groups in total. The Bertz CT molecular complexity index is 605. The fourth-order valence-electron chi connectivity index (χ4n) is 2.66. The van der Waals surface area contributed by atoms with Crippen molar-refractivity contribution in [1.29, 1.82) is 0 Å². The zero-order valence-electron chi connectivity index (χ0n) is 14.2. The zero-order chi connectivity index (χ0) is 18.2. The van der Waals surface area contributed by atoms with E-state index in [1.807, 2.05) is 0 Å². The zero-order valence-corrected chi connectivity index (χ0v) is 14.2. The number of halogens is 2. The summed E-state index contributed by atoms with van der Waals surface area (Å²) in [4.78, 5) is 25.2. The van der Waals surface area contributed by atoms with Crippen molar-refractivity contribution in [2.45, 2.75) is 32.2 Å². The van der Waals surface area contributed by atoms with Gasteiger partial charge in [-0.25, -0.2) is 13.6 Å². The molecule has 2 rings (SSSR count). The van der Waals surface area contributed by atoms with E-state index in [4.69, 9.17) is 4.74 Å². The smallest absolute Gasteiger partial charge is 0.409 e. The molecule has 1 fully saturated rings. The van der Waals surface area contributed by atoms with E-state index in [1.54, 1.807) is 11.8 Å². The summed E-state index contributed by atoms with van der Waals surface area (Å²) in [6.45, 7) is 3.44. The average molecular weight is 355 g/mol. The molecule has 1 heterocycles. The molecular formula is C17H23F2N3O3. The van der Waals surface area contributed by atoms with Gasteiger partial charge in [0, 0.05) is 38.2 Å². The standard InChI is InChI=1S/C17H23F2N3O3/c1-2-25-17(24)22-9-6-13(7-10-22)21-16(23)5-8-20-15-4-3-12(18)11-14(15)19/h3-4,11,13,20H,2,5-10H2,1H3,(H,21,23). The van der Waals surface area contributed by atoms with Crippen molar-refractivity contribution in [3.8, 4) is 0 Å². The van der Waals surface area contributed by atoms with E-state index in [2.05, 4.69) is 10.6 Å². The lowest BCUT2D eigenvalue weighted by atomic mass is 10.1. The van der Waals surface area contributed by atoms with E-state index >= 15 is 0 Å². The monoisotopic (exact) mass is 355 g/mol. The Morgan fingerprint density at radius 1 is 1.28 bits per heavy atom. The number of hydrogen-bond acceptors (Lipinski definition) is 4. The largest absolute Gasteiger partial charge is 0.450 e. The Morgan fingerprint density at radius 3 is 2.64 bits per heavy atom. The lowest BCUT2D eigenvalue weighted by molar-refractivity contribution is -0.121. The maximum absolute atomic E-state index is 13.5. The second-order valence-electron chi connectivity index (χ2n) is 5.83. The van der Waals surface area contributed by atoms with Gasteiger partial charge < -0.3 is 20.3 Å². The summed E-state index contributed by atoms with van der Waals surface area (Å²) in [5.41, 5.74) is 0.164. The lowest BCUT2D eigenvalue weighted by Crippen LogP contribution is -2.46. The molecule has 1 aliphatic heterocycles. The molecule has 1 saturated heterocycles. The van der Waals surface area contributed by atoms with Crippen LogP contribution in [0.3, 0.4) is 0 Å². The Hall–Kier alpha value is -2.38. The summed E-state index contributed by atoms with van der Waals surface area (Å²) in [5, 5.41) is 5.68. The first-order valence-corrected chi connectivity index (χ1v) is 8.39. The van der Waals surface area contributed by atoms with Crippen LogP contribution in [0.25, 0.3) is 0 Å². The van der Waals surface area contributed by atoms with E-state index in [0.29, 0.717) is 32.5 Å². The first-order chi connectivity index (χ1) is 12.0. The Morgan fingerprint density at radius 2 is 2.00 bits per heavy atom. The molecular weight excluding hydrogens is 332 g/mol. The van der Waals surface area contributed by atoms with Crippen LogP contribution in [0.1, 0.15) is 26.2 Å². The topological polar surface area (TPSA) is 70.7 Å². The van der Waals surface area contributed by atoms with E-state index in [0.717, 1.165) is 12.1 Å². The molecule has 0 aliphatic carbocycles. The van der Waals surface area contributed by atoms with Crippen LogP contribution >= 0.6 is 0 Å². The van der Waals surface area contributed by atoms with Gasteiger partial charge in [0.25, 0.3) is 0 Å². The summed E-state index contributed by atoms with van der Waals surface area (Å²) < 4.78 is 31.2. The number of hydrogen-bond donors (Lipinski definition) is 2. The number of piperidine rings is 1. The summed E-state index contributed by atoms with van der Waals surface area (Å²) >= 11 is 0. The fourth-order valence-corrected chi connectivity index (χ4v) is 2.66.